The predicted octanol–water partition coefficient (Wildman–Crippen LogP) is 6.03. The molecule has 0 fully saturated rings. The van der Waals surface area contributed by atoms with Crippen LogP contribution in [0.3, 0.4) is 0 Å². The molecule has 0 aliphatic rings. The minimum absolute atomic E-state index is 0.239. The zero-order valence-electron chi connectivity index (χ0n) is 22.1. The van der Waals surface area contributed by atoms with Crippen LogP contribution in [0.4, 0.5) is 0 Å². The molecule has 0 amide bonds. The maximum atomic E-state index is 11.5. The number of phenols is 1. The highest BCUT2D eigenvalue weighted by atomic mass is 35.5. The number of rotatable bonds is 12. The average molecular weight is 551 g/mol. The summed E-state index contributed by atoms with van der Waals surface area (Å²) >= 11 is 6.63. The number of benzene rings is 1. The van der Waals surface area contributed by atoms with E-state index in [0.29, 0.717) is 44.3 Å². The third kappa shape index (κ3) is 7.93. The SMILES string of the molecule is Oc1c(CN(Cc2ccccn2)Cc2ccccn2)cc(Cl)cc1CN(Cc1ccccn1)Cc1ccccn1. The zero-order chi connectivity index (χ0) is 27.6. The van der Waals surface area contributed by atoms with Gasteiger partial charge < -0.3 is 5.11 Å². The number of nitrogens with zero attached hydrogens (tertiary/aromatic N) is 6. The third-order valence-electron chi connectivity index (χ3n) is 6.47. The van der Waals surface area contributed by atoms with Crippen LogP contribution in [-0.4, -0.2) is 34.8 Å². The maximum Gasteiger partial charge on any atom is 0.124 e. The monoisotopic (exact) mass is 550 g/mol. The Labute approximate surface area is 239 Å². The van der Waals surface area contributed by atoms with E-state index in [2.05, 4.69) is 29.7 Å². The molecule has 4 heterocycles. The third-order valence-corrected chi connectivity index (χ3v) is 6.69. The number of hydrogen-bond acceptors (Lipinski definition) is 7. The Morgan fingerprint density at radius 3 is 1.10 bits per heavy atom. The van der Waals surface area contributed by atoms with Crippen molar-refractivity contribution in [3.8, 4) is 5.75 Å². The van der Waals surface area contributed by atoms with Gasteiger partial charge in [-0.3, -0.25) is 29.7 Å². The van der Waals surface area contributed by atoms with Crippen molar-refractivity contribution in [1.82, 2.24) is 29.7 Å². The van der Waals surface area contributed by atoms with Gasteiger partial charge in [-0.1, -0.05) is 35.9 Å². The van der Waals surface area contributed by atoms with E-state index >= 15 is 0 Å². The van der Waals surface area contributed by atoms with Crippen LogP contribution in [0.25, 0.3) is 0 Å². The normalized spacial score (nSPS) is 11.3. The first-order valence-electron chi connectivity index (χ1n) is 13.2. The summed E-state index contributed by atoms with van der Waals surface area (Å²) in [6.45, 7) is 3.36. The van der Waals surface area contributed by atoms with Gasteiger partial charge in [-0.05, 0) is 60.7 Å². The van der Waals surface area contributed by atoms with Crippen molar-refractivity contribution in [2.45, 2.75) is 39.3 Å². The van der Waals surface area contributed by atoms with Crippen LogP contribution in [-0.2, 0) is 39.3 Å². The lowest BCUT2D eigenvalue weighted by molar-refractivity contribution is 0.231. The van der Waals surface area contributed by atoms with E-state index in [9.17, 15) is 5.11 Å². The number of aromatic hydroxyl groups is 1. The van der Waals surface area contributed by atoms with Crippen LogP contribution in [0.1, 0.15) is 33.9 Å². The molecule has 0 aliphatic heterocycles. The molecule has 1 N–H and O–H groups in total. The molecular formula is C32H31ClN6O. The van der Waals surface area contributed by atoms with E-state index in [0.717, 1.165) is 33.9 Å². The Morgan fingerprint density at radius 2 is 0.825 bits per heavy atom. The van der Waals surface area contributed by atoms with Crippen LogP contribution < -0.4 is 0 Å². The number of aromatic nitrogens is 4. The van der Waals surface area contributed by atoms with Crippen LogP contribution in [0.2, 0.25) is 5.02 Å². The largest absolute Gasteiger partial charge is 0.507 e. The molecule has 0 atom stereocenters. The quantitative estimate of drug-likeness (QED) is 0.203. The molecule has 0 bridgehead atoms. The fourth-order valence-corrected chi connectivity index (χ4v) is 4.92. The Hall–Kier alpha value is -4.17. The molecule has 5 rings (SSSR count). The van der Waals surface area contributed by atoms with Gasteiger partial charge in [0.15, 0.2) is 0 Å². The highest BCUT2D eigenvalue weighted by Gasteiger charge is 2.18. The molecule has 40 heavy (non-hydrogen) atoms. The number of hydrogen-bond donors (Lipinski definition) is 1. The van der Waals surface area contributed by atoms with Crippen LogP contribution in [0.5, 0.6) is 5.75 Å². The predicted molar refractivity (Wildman–Crippen MR) is 156 cm³/mol. The molecule has 0 spiro atoms. The molecule has 4 aromatic heterocycles. The molecule has 1 aromatic carbocycles. The fourth-order valence-electron chi connectivity index (χ4n) is 4.66. The lowest BCUT2D eigenvalue weighted by Crippen LogP contribution is -2.25. The lowest BCUT2D eigenvalue weighted by atomic mass is 10.1. The highest BCUT2D eigenvalue weighted by Crippen LogP contribution is 2.31. The summed E-state index contributed by atoms with van der Waals surface area (Å²) in [4.78, 5) is 22.5. The first kappa shape index (κ1) is 27.4. The topological polar surface area (TPSA) is 78.3 Å². The van der Waals surface area contributed by atoms with Gasteiger partial charge in [0.25, 0.3) is 0 Å². The lowest BCUT2D eigenvalue weighted by Gasteiger charge is -2.25. The Kier molecular flexibility index (Phi) is 9.42. The van der Waals surface area contributed by atoms with Gasteiger partial charge in [0.05, 0.1) is 22.8 Å². The molecular weight excluding hydrogens is 520 g/mol. The van der Waals surface area contributed by atoms with Crippen LogP contribution in [0.15, 0.2) is 110 Å². The van der Waals surface area contributed by atoms with Crippen molar-refractivity contribution < 1.29 is 5.11 Å². The van der Waals surface area contributed by atoms with Gasteiger partial charge in [0.2, 0.25) is 0 Å². The molecule has 0 aliphatic carbocycles. The van der Waals surface area contributed by atoms with E-state index in [-0.39, 0.29) is 5.75 Å². The second-order valence-corrected chi connectivity index (χ2v) is 10.1. The summed E-state index contributed by atoms with van der Waals surface area (Å²) < 4.78 is 0. The summed E-state index contributed by atoms with van der Waals surface area (Å²) in [5.41, 5.74) is 5.28. The minimum Gasteiger partial charge on any atom is -0.507 e. The van der Waals surface area contributed by atoms with Gasteiger partial charge in [-0.15, -0.1) is 0 Å². The van der Waals surface area contributed by atoms with Gasteiger partial charge in [0.1, 0.15) is 5.75 Å². The summed E-state index contributed by atoms with van der Waals surface area (Å²) in [6.07, 6.45) is 7.17. The second kappa shape index (κ2) is 13.8. The Balaban J connectivity index is 1.40. The summed E-state index contributed by atoms with van der Waals surface area (Å²) in [5.74, 6) is 0.239. The molecule has 0 saturated carbocycles. The summed E-state index contributed by atoms with van der Waals surface area (Å²) in [5, 5.41) is 12.1. The summed E-state index contributed by atoms with van der Waals surface area (Å²) in [6, 6.07) is 27.2. The number of pyridine rings is 4. The molecule has 0 unspecified atom stereocenters. The van der Waals surface area contributed by atoms with Crippen molar-refractivity contribution in [3.63, 3.8) is 0 Å². The fraction of sp³-hybridized carbons (Fsp3) is 0.188. The van der Waals surface area contributed by atoms with Crippen LogP contribution >= 0.6 is 11.6 Å². The molecule has 7 nitrogen and oxygen atoms in total. The molecule has 202 valence electrons. The second-order valence-electron chi connectivity index (χ2n) is 9.65. The van der Waals surface area contributed by atoms with Crippen molar-refractivity contribution in [1.29, 1.82) is 0 Å². The maximum absolute atomic E-state index is 11.5. The van der Waals surface area contributed by atoms with Gasteiger partial charge in [-0.25, -0.2) is 0 Å². The Bertz CT molecular complexity index is 1280. The van der Waals surface area contributed by atoms with E-state index < -0.39 is 0 Å². The first-order chi connectivity index (χ1) is 19.6. The van der Waals surface area contributed by atoms with Gasteiger partial charge in [0, 0.05) is 80.2 Å². The summed E-state index contributed by atoms with van der Waals surface area (Å²) in [7, 11) is 0. The standard InChI is InChI=1S/C32H31ClN6O/c33-27-17-25(19-38(21-28-9-1-5-13-34-28)22-29-10-2-6-14-35-29)32(40)26(18-27)20-39(23-30-11-3-7-15-36-30)24-31-12-4-8-16-37-31/h1-18,40H,19-24H2. The molecule has 0 radical (unpaired) electrons. The van der Waals surface area contributed by atoms with E-state index in [1.165, 1.54) is 0 Å². The molecule has 5 aromatic rings. The Morgan fingerprint density at radius 1 is 0.500 bits per heavy atom. The molecule has 0 saturated heterocycles. The molecule has 8 heteroatoms. The van der Waals surface area contributed by atoms with Crippen molar-refractivity contribution >= 4 is 11.6 Å². The smallest absolute Gasteiger partial charge is 0.124 e. The van der Waals surface area contributed by atoms with E-state index in [1.54, 1.807) is 24.8 Å². The van der Waals surface area contributed by atoms with Crippen molar-refractivity contribution in [3.05, 3.63) is 149 Å². The van der Waals surface area contributed by atoms with Crippen LogP contribution in [0, 0.1) is 0 Å². The van der Waals surface area contributed by atoms with Gasteiger partial charge >= 0.3 is 0 Å². The van der Waals surface area contributed by atoms with E-state index in [1.807, 2.05) is 84.9 Å². The average Bonchev–Trinajstić information content (AvgIpc) is 2.97. The van der Waals surface area contributed by atoms with Gasteiger partial charge in [-0.2, -0.15) is 0 Å². The first-order valence-corrected chi connectivity index (χ1v) is 13.5. The number of phenolic OH excluding ortho intramolecular Hbond substituents is 1. The van der Waals surface area contributed by atoms with E-state index in [4.69, 9.17) is 11.6 Å². The van der Waals surface area contributed by atoms with Crippen molar-refractivity contribution in [2.24, 2.45) is 0 Å². The highest BCUT2D eigenvalue weighted by molar-refractivity contribution is 6.30. The zero-order valence-corrected chi connectivity index (χ0v) is 22.9. The van der Waals surface area contributed by atoms with Crippen molar-refractivity contribution in [2.75, 3.05) is 0 Å². The number of halogens is 1. The minimum atomic E-state index is 0.239.